The zero-order chi connectivity index (χ0) is 39.8. The molecule has 2 fully saturated rings. The normalized spacial score (nSPS) is 14.3. The van der Waals surface area contributed by atoms with Gasteiger partial charge in [0.2, 0.25) is 21.7 Å². The van der Waals surface area contributed by atoms with Gasteiger partial charge in [-0.15, -0.1) is 0 Å². The minimum absolute atomic E-state index is 0.0377. The Labute approximate surface area is 317 Å². The van der Waals surface area contributed by atoms with Crippen LogP contribution < -0.4 is 9.64 Å². The highest BCUT2D eigenvalue weighted by Crippen LogP contribution is 2.46. The third-order valence-corrected chi connectivity index (χ3v) is 11.4. The first kappa shape index (κ1) is 40.0. The number of nitrogens with zero attached hydrogens (tertiary/aromatic N) is 2. The first-order chi connectivity index (χ1) is 26.1. The first-order valence-corrected chi connectivity index (χ1v) is 18.8. The van der Waals surface area contributed by atoms with Crippen LogP contribution in [0.1, 0.15) is 70.1 Å². The maximum absolute atomic E-state index is 15.1. The maximum atomic E-state index is 15.1. The van der Waals surface area contributed by atoms with Crippen LogP contribution in [0.5, 0.6) is 5.75 Å². The zero-order valence-electron chi connectivity index (χ0n) is 29.1. The fourth-order valence-electron chi connectivity index (χ4n) is 6.09. The molecule has 0 bridgehead atoms. The van der Waals surface area contributed by atoms with Crippen LogP contribution in [0.3, 0.4) is 0 Å². The molecule has 0 heterocycles. The van der Waals surface area contributed by atoms with E-state index >= 15 is 8.78 Å². The van der Waals surface area contributed by atoms with E-state index < -0.39 is 74.8 Å². The summed E-state index contributed by atoms with van der Waals surface area (Å²) in [5.41, 5.74) is 2.23. The van der Waals surface area contributed by atoms with Gasteiger partial charge in [0.05, 0.1) is 30.9 Å². The van der Waals surface area contributed by atoms with Crippen molar-refractivity contribution in [3.05, 3.63) is 122 Å². The highest BCUT2D eigenvalue weighted by atomic mass is 35.5. The number of anilines is 1. The zero-order valence-corrected chi connectivity index (χ0v) is 30.6. The maximum Gasteiger partial charge on any atom is 0.335 e. The molecule has 55 heavy (non-hydrogen) atoms. The summed E-state index contributed by atoms with van der Waals surface area (Å²) >= 11 is 6.17. The average Bonchev–Trinajstić information content (AvgIpc) is 4.07. The second-order valence-electron chi connectivity index (χ2n) is 13.3. The lowest BCUT2D eigenvalue weighted by molar-refractivity contribution is -0.119. The Morgan fingerprint density at radius 1 is 0.800 bits per heavy atom. The molecule has 292 valence electrons. The number of benzene rings is 4. The molecule has 1 N–H and O–H groups in total. The Morgan fingerprint density at radius 2 is 1.40 bits per heavy atom. The van der Waals surface area contributed by atoms with Crippen molar-refractivity contribution in [3.8, 4) is 5.75 Å². The van der Waals surface area contributed by atoms with Crippen LogP contribution in [0.15, 0.2) is 59.5 Å². The summed E-state index contributed by atoms with van der Waals surface area (Å²) < 4.78 is 126. The number of carbonyl (C=O) groups excluding carboxylic acids is 1. The molecule has 0 unspecified atom stereocenters. The molecule has 0 saturated heterocycles. The smallest absolute Gasteiger partial charge is 0.335 e. The number of sulfonamides is 1. The number of rotatable bonds is 16. The number of hydrogen-bond donors (Lipinski definition) is 1. The summed E-state index contributed by atoms with van der Waals surface area (Å²) in [7, 11) is -4.39. The number of aromatic carboxylic acids is 1. The van der Waals surface area contributed by atoms with E-state index in [1.807, 2.05) is 12.1 Å². The SMILES string of the molecule is COCCOc1cc(C(=O)O)ccc1N(Cc1cc(C2CC2)cc(C2CC2)c1)C(=O)CN(Cc1ccc(F)cc1Cl)S(=O)(=O)c1c(F)c(F)c(F)c(F)c1F. The monoisotopic (exact) mass is 810 g/mol. The number of carboxylic acid groups (broad SMARTS) is 1. The summed E-state index contributed by atoms with van der Waals surface area (Å²) in [5.74, 6) is -15.8. The number of amides is 1. The minimum Gasteiger partial charge on any atom is -0.489 e. The van der Waals surface area contributed by atoms with Crippen molar-refractivity contribution in [3.63, 3.8) is 0 Å². The molecular weight excluding hydrogens is 778 g/mol. The second kappa shape index (κ2) is 16.2. The Kier molecular flexibility index (Phi) is 11.8. The Bertz CT molecular complexity index is 2210. The fourth-order valence-corrected chi connectivity index (χ4v) is 7.80. The van der Waals surface area contributed by atoms with Crippen molar-refractivity contribution >= 4 is 39.2 Å². The molecule has 0 aliphatic heterocycles. The van der Waals surface area contributed by atoms with Crippen LogP contribution in [0.4, 0.5) is 32.0 Å². The molecule has 2 aliphatic rings. The highest BCUT2D eigenvalue weighted by molar-refractivity contribution is 7.89. The quantitative estimate of drug-likeness (QED) is 0.0527. The van der Waals surface area contributed by atoms with E-state index in [9.17, 15) is 40.7 Å². The molecule has 6 rings (SSSR count). The van der Waals surface area contributed by atoms with Gasteiger partial charge in [0, 0.05) is 18.7 Å². The van der Waals surface area contributed by atoms with Crippen molar-refractivity contribution < 1.29 is 58.9 Å². The predicted molar refractivity (Wildman–Crippen MR) is 188 cm³/mol. The number of halogens is 7. The minimum atomic E-state index is -5.79. The van der Waals surface area contributed by atoms with Crippen LogP contribution >= 0.6 is 11.6 Å². The van der Waals surface area contributed by atoms with Crippen LogP contribution in [0, 0.1) is 34.9 Å². The van der Waals surface area contributed by atoms with Gasteiger partial charge in [-0.3, -0.25) is 4.79 Å². The van der Waals surface area contributed by atoms with Gasteiger partial charge in [0.1, 0.15) is 18.2 Å². The molecular formula is C38H33ClF6N2O7S. The number of carboxylic acids is 1. The van der Waals surface area contributed by atoms with Crippen LogP contribution in [0.25, 0.3) is 0 Å². The van der Waals surface area contributed by atoms with Crippen molar-refractivity contribution in [1.29, 1.82) is 0 Å². The van der Waals surface area contributed by atoms with E-state index in [-0.39, 0.29) is 51.7 Å². The lowest BCUT2D eigenvalue weighted by atomic mass is 9.99. The lowest BCUT2D eigenvalue weighted by Crippen LogP contribution is -2.43. The largest absolute Gasteiger partial charge is 0.489 e. The Hall–Kier alpha value is -4.64. The van der Waals surface area contributed by atoms with Gasteiger partial charge in [-0.1, -0.05) is 35.9 Å². The third kappa shape index (κ3) is 8.77. The van der Waals surface area contributed by atoms with E-state index in [4.69, 9.17) is 21.1 Å². The average molecular weight is 811 g/mol. The third-order valence-electron chi connectivity index (χ3n) is 9.26. The molecule has 0 spiro atoms. The molecule has 9 nitrogen and oxygen atoms in total. The number of ether oxygens (including phenoxy) is 2. The molecule has 17 heteroatoms. The molecule has 2 saturated carbocycles. The van der Waals surface area contributed by atoms with Crippen molar-refractivity contribution in [2.45, 2.75) is 55.5 Å². The van der Waals surface area contributed by atoms with Gasteiger partial charge < -0.3 is 19.5 Å². The van der Waals surface area contributed by atoms with Gasteiger partial charge in [0.25, 0.3) is 0 Å². The first-order valence-electron chi connectivity index (χ1n) is 17.0. The van der Waals surface area contributed by atoms with Crippen molar-refractivity contribution in [2.75, 3.05) is 31.8 Å². The summed E-state index contributed by atoms with van der Waals surface area (Å²) in [6.45, 7) is -2.59. The molecule has 1 amide bonds. The fraction of sp³-hybridized carbons (Fsp3) is 0.316. The van der Waals surface area contributed by atoms with Gasteiger partial charge in [-0.25, -0.2) is 39.6 Å². The van der Waals surface area contributed by atoms with Gasteiger partial charge >= 0.3 is 5.97 Å². The standard InChI is InChI=1S/C38H33ClF6N2O7S/c1-53-10-11-54-30-15-23(38(49)50)7-9-29(30)47(17-20-12-25(21-2-3-21)14-26(13-20)22-4-5-22)31(48)19-46(18-24-6-8-27(40)16-28(24)39)55(51,52)37-35(44)33(42)32(41)34(43)36(37)45/h6-9,12-16,21-22H,2-5,10-11,17-19H2,1H3,(H,49,50). The predicted octanol–water partition coefficient (Wildman–Crippen LogP) is 8.08. The molecule has 2 aliphatic carbocycles. The van der Waals surface area contributed by atoms with E-state index in [0.717, 1.165) is 66.0 Å². The molecule has 0 radical (unpaired) electrons. The van der Waals surface area contributed by atoms with Crippen LogP contribution in [-0.2, 0) is 32.6 Å². The summed E-state index contributed by atoms with van der Waals surface area (Å²) in [6.07, 6.45) is 3.84. The lowest BCUT2D eigenvalue weighted by Gasteiger charge is -2.29. The van der Waals surface area contributed by atoms with E-state index in [0.29, 0.717) is 17.4 Å². The van der Waals surface area contributed by atoms with Gasteiger partial charge in [-0.2, -0.15) is 4.31 Å². The summed E-state index contributed by atoms with van der Waals surface area (Å²) in [5, 5.41) is 9.35. The molecule has 4 aromatic carbocycles. The molecule has 4 aromatic rings. The van der Waals surface area contributed by atoms with E-state index in [2.05, 4.69) is 6.07 Å². The number of hydrogen-bond acceptors (Lipinski definition) is 6. The summed E-state index contributed by atoms with van der Waals surface area (Å²) in [6, 6.07) is 12.2. The van der Waals surface area contributed by atoms with Gasteiger partial charge in [-0.05, 0) is 90.1 Å². The van der Waals surface area contributed by atoms with Crippen LogP contribution in [0.2, 0.25) is 5.02 Å². The van der Waals surface area contributed by atoms with E-state index in [1.165, 1.54) is 19.2 Å². The van der Waals surface area contributed by atoms with Crippen molar-refractivity contribution in [2.24, 2.45) is 0 Å². The highest BCUT2D eigenvalue weighted by Gasteiger charge is 2.39. The topological polar surface area (TPSA) is 113 Å². The van der Waals surface area contributed by atoms with Crippen LogP contribution in [-0.4, -0.2) is 56.6 Å². The second-order valence-corrected chi connectivity index (χ2v) is 15.6. The van der Waals surface area contributed by atoms with E-state index in [1.54, 1.807) is 0 Å². The summed E-state index contributed by atoms with van der Waals surface area (Å²) in [4.78, 5) is 25.4. The van der Waals surface area contributed by atoms with Gasteiger partial charge in [0.15, 0.2) is 28.2 Å². The number of methoxy groups -OCH3 is 1. The molecule has 0 aromatic heterocycles. The Morgan fingerprint density at radius 3 is 1.95 bits per heavy atom. The number of carbonyl (C=O) groups is 2. The Balaban J connectivity index is 1.48. The molecule has 0 atom stereocenters. The van der Waals surface area contributed by atoms with Crippen molar-refractivity contribution in [1.82, 2.24) is 4.31 Å².